The SMILES string of the molecule is Cc1cccc(OCCCNC(=O)N2CCCC(NC(=O)OC(C)(C)C)C2)c1. The molecule has 1 aliphatic heterocycles. The molecule has 2 rings (SSSR count). The highest BCUT2D eigenvalue weighted by molar-refractivity contribution is 5.74. The second kappa shape index (κ2) is 10.2. The van der Waals surface area contributed by atoms with E-state index in [9.17, 15) is 9.59 Å². The van der Waals surface area contributed by atoms with Crippen molar-refractivity contribution in [2.45, 2.75) is 58.6 Å². The van der Waals surface area contributed by atoms with E-state index in [1.807, 2.05) is 52.0 Å². The average molecular weight is 392 g/mol. The van der Waals surface area contributed by atoms with Crippen LogP contribution in [0, 0.1) is 6.92 Å². The van der Waals surface area contributed by atoms with Crippen molar-refractivity contribution in [3.05, 3.63) is 29.8 Å². The zero-order valence-electron chi connectivity index (χ0n) is 17.4. The van der Waals surface area contributed by atoms with Gasteiger partial charge >= 0.3 is 12.1 Å². The van der Waals surface area contributed by atoms with Crippen molar-refractivity contribution in [1.29, 1.82) is 0 Å². The van der Waals surface area contributed by atoms with Crippen LogP contribution in [0.15, 0.2) is 24.3 Å². The first-order chi connectivity index (χ1) is 13.2. The number of alkyl carbamates (subject to hydrolysis) is 1. The van der Waals surface area contributed by atoms with Crippen LogP contribution < -0.4 is 15.4 Å². The van der Waals surface area contributed by atoms with Crippen molar-refractivity contribution in [3.63, 3.8) is 0 Å². The molecule has 1 aromatic rings. The van der Waals surface area contributed by atoms with E-state index in [0.717, 1.165) is 30.6 Å². The molecule has 7 heteroatoms. The fraction of sp³-hybridized carbons (Fsp3) is 0.619. The van der Waals surface area contributed by atoms with E-state index in [1.165, 1.54) is 0 Å². The van der Waals surface area contributed by atoms with Gasteiger partial charge < -0.3 is 25.0 Å². The van der Waals surface area contributed by atoms with Gasteiger partial charge in [-0.2, -0.15) is 0 Å². The van der Waals surface area contributed by atoms with Crippen LogP contribution >= 0.6 is 0 Å². The van der Waals surface area contributed by atoms with E-state index >= 15 is 0 Å². The third-order valence-corrected chi connectivity index (χ3v) is 4.29. The van der Waals surface area contributed by atoms with Crippen LogP contribution in [0.5, 0.6) is 5.75 Å². The molecule has 0 radical (unpaired) electrons. The quantitative estimate of drug-likeness (QED) is 0.728. The highest BCUT2D eigenvalue weighted by Crippen LogP contribution is 2.13. The van der Waals surface area contributed by atoms with Crippen LogP contribution in [0.3, 0.4) is 0 Å². The molecule has 3 amide bonds. The summed E-state index contributed by atoms with van der Waals surface area (Å²) in [5.41, 5.74) is 0.626. The second-order valence-electron chi connectivity index (χ2n) is 8.18. The molecule has 28 heavy (non-hydrogen) atoms. The zero-order valence-corrected chi connectivity index (χ0v) is 17.4. The summed E-state index contributed by atoms with van der Waals surface area (Å²) in [5, 5.41) is 5.78. The summed E-state index contributed by atoms with van der Waals surface area (Å²) < 4.78 is 11.0. The van der Waals surface area contributed by atoms with Gasteiger partial charge in [-0.25, -0.2) is 9.59 Å². The van der Waals surface area contributed by atoms with Gasteiger partial charge in [0.25, 0.3) is 0 Å². The number of amides is 3. The van der Waals surface area contributed by atoms with Gasteiger partial charge in [0.05, 0.1) is 6.61 Å². The summed E-state index contributed by atoms with van der Waals surface area (Å²) in [6.07, 6.45) is 1.98. The van der Waals surface area contributed by atoms with Crippen LogP contribution in [-0.2, 0) is 4.74 Å². The zero-order chi connectivity index (χ0) is 20.6. The van der Waals surface area contributed by atoms with Gasteiger partial charge in [0.2, 0.25) is 0 Å². The minimum Gasteiger partial charge on any atom is -0.494 e. The highest BCUT2D eigenvalue weighted by Gasteiger charge is 2.26. The normalized spacial score (nSPS) is 17.0. The summed E-state index contributed by atoms with van der Waals surface area (Å²) >= 11 is 0. The van der Waals surface area contributed by atoms with Crippen molar-refractivity contribution >= 4 is 12.1 Å². The molecule has 0 spiro atoms. The lowest BCUT2D eigenvalue weighted by molar-refractivity contribution is 0.0479. The Hall–Kier alpha value is -2.44. The molecule has 2 N–H and O–H groups in total. The summed E-state index contributed by atoms with van der Waals surface area (Å²) in [4.78, 5) is 26.0. The number of aryl methyl sites for hydroxylation is 1. The first-order valence-electron chi connectivity index (χ1n) is 9.95. The number of hydrogen-bond acceptors (Lipinski definition) is 4. The fourth-order valence-corrected chi connectivity index (χ4v) is 3.03. The van der Waals surface area contributed by atoms with Gasteiger partial charge in [-0.1, -0.05) is 12.1 Å². The number of urea groups is 1. The van der Waals surface area contributed by atoms with Crippen molar-refractivity contribution in [2.24, 2.45) is 0 Å². The molecular formula is C21H33N3O4. The number of nitrogens with one attached hydrogen (secondary N) is 2. The minimum atomic E-state index is -0.531. The summed E-state index contributed by atoms with van der Waals surface area (Å²) in [7, 11) is 0. The lowest BCUT2D eigenvalue weighted by Gasteiger charge is -2.33. The molecule has 0 aromatic heterocycles. The van der Waals surface area contributed by atoms with E-state index in [4.69, 9.17) is 9.47 Å². The first kappa shape index (κ1) is 21.9. The van der Waals surface area contributed by atoms with Gasteiger partial charge in [-0.05, 0) is 64.7 Å². The molecule has 7 nitrogen and oxygen atoms in total. The Morgan fingerprint density at radius 2 is 2.07 bits per heavy atom. The maximum absolute atomic E-state index is 12.4. The summed E-state index contributed by atoms with van der Waals surface area (Å²) in [6, 6.07) is 7.72. The topological polar surface area (TPSA) is 79.9 Å². The molecule has 1 atom stereocenters. The Morgan fingerprint density at radius 1 is 1.29 bits per heavy atom. The molecule has 1 unspecified atom stereocenters. The molecular weight excluding hydrogens is 358 g/mol. The summed E-state index contributed by atoms with van der Waals surface area (Å²) in [6.45, 7) is 9.79. The maximum Gasteiger partial charge on any atom is 0.407 e. The van der Waals surface area contributed by atoms with Crippen molar-refractivity contribution in [1.82, 2.24) is 15.5 Å². The molecule has 1 aliphatic rings. The molecule has 0 saturated carbocycles. The number of benzene rings is 1. The molecule has 0 aliphatic carbocycles. The van der Waals surface area contributed by atoms with E-state index in [1.54, 1.807) is 4.90 Å². The van der Waals surface area contributed by atoms with Gasteiger partial charge in [-0.15, -0.1) is 0 Å². The molecule has 156 valence electrons. The third kappa shape index (κ3) is 8.06. The number of ether oxygens (including phenoxy) is 2. The Bertz CT molecular complexity index is 657. The minimum absolute atomic E-state index is 0.0843. The van der Waals surface area contributed by atoms with Crippen LogP contribution in [-0.4, -0.2) is 54.9 Å². The van der Waals surface area contributed by atoms with Crippen molar-refractivity contribution < 1.29 is 19.1 Å². The standard InChI is InChI=1S/C21H33N3O4/c1-16-8-5-10-18(14-16)27-13-7-11-22-19(25)24-12-6-9-17(15-24)23-20(26)28-21(2,3)4/h5,8,10,14,17H,6-7,9,11-13,15H2,1-4H3,(H,22,25)(H,23,26). The maximum atomic E-state index is 12.4. The molecule has 1 saturated heterocycles. The molecule has 1 aromatic carbocycles. The van der Waals surface area contributed by atoms with E-state index in [-0.39, 0.29) is 12.1 Å². The first-order valence-corrected chi connectivity index (χ1v) is 9.95. The lowest BCUT2D eigenvalue weighted by Crippen LogP contribution is -2.53. The Morgan fingerprint density at radius 3 is 2.79 bits per heavy atom. The Balaban J connectivity index is 1.65. The molecule has 1 heterocycles. The predicted octanol–water partition coefficient (Wildman–Crippen LogP) is 3.46. The number of carbonyl (C=O) groups excluding carboxylic acids is 2. The number of rotatable bonds is 6. The number of piperidine rings is 1. The van der Waals surface area contributed by atoms with Gasteiger partial charge in [0.15, 0.2) is 0 Å². The smallest absolute Gasteiger partial charge is 0.407 e. The highest BCUT2D eigenvalue weighted by atomic mass is 16.6. The summed E-state index contributed by atoms with van der Waals surface area (Å²) in [5.74, 6) is 0.846. The van der Waals surface area contributed by atoms with Gasteiger partial charge in [0, 0.05) is 25.7 Å². The van der Waals surface area contributed by atoms with Crippen molar-refractivity contribution in [3.8, 4) is 5.75 Å². The van der Waals surface area contributed by atoms with Crippen LogP contribution in [0.25, 0.3) is 0 Å². The fourth-order valence-electron chi connectivity index (χ4n) is 3.03. The van der Waals surface area contributed by atoms with Crippen LogP contribution in [0.1, 0.15) is 45.6 Å². The Kier molecular flexibility index (Phi) is 7.96. The van der Waals surface area contributed by atoms with Gasteiger partial charge in [-0.3, -0.25) is 0 Å². The number of hydrogen-bond donors (Lipinski definition) is 2. The van der Waals surface area contributed by atoms with Crippen LogP contribution in [0.4, 0.5) is 9.59 Å². The Labute approximate surface area is 167 Å². The van der Waals surface area contributed by atoms with Gasteiger partial charge in [0.1, 0.15) is 11.4 Å². The van der Waals surface area contributed by atoms with E-state index in [2.05, 4.69) is 10.6 Å². The second-order valence-corrected chi connectivity index (χ2v) is 8.18. The largest absolute Gasteiger partial charge is 0.494 e. The molecule has 0 bridgehead atoms. The van der Waals surface area contributed by atoms with E-state index in [0.29, 0.717) is 26.2 Å². The lowest BCUT2D eigenvalue weighted by atomic mass is 10.1. The number of likely N-dealkylation sites (tertiary alicyclic amines) is 1. The predicted molar refractivity (Wildman–Crippen MR) is 109 cm³/mol. The number of nitrogens with zero attached hydrogens (tertiary/aromatic N) is 1. The van der Waals surface area contributed by atoms with Crippen molar-refractivity contribution in [2.75, 3.05) is 26.2 Å². The molecule has 1 fully saturated rings. The average Bonchev–Trinajstić information content (AvgIpc) is 2.60. The monoisotopic (exact) mass is 391 g/mol. The third-order valence-electron chi connectivity index (χ3n) is 4.29. The van der Waals surface area contributed by atoms with E-state index < -0.39 is 11.7 Å². The van der Waals surface area contributed by atoms with Crippen LogP contribution in [0.2, 0.25) is 0 Å². The number of carbonyl (C=O) groups is 2.